The predicted octanol–water partition coefficient (Wildman–Crippen LogP) is 4.81. The average molecular weight is 641 g/mol. The molecule has 10 nitrogen and oxygen atoms in total. The van der Waals surface area contributed by atoms with E-state index in [-0.39, 0.29) is 23.7 Å². The quantitative estimate of drug-likeness (QED) is 0.132. The number of carbonyl (C=O) groups excluding carboxylic acids is 1. The van der Waals surface area contributed by atoms with Gasteiger partial charge in [0.15, 0.2) is 11.1 Å². The number of esters is 1. The molecule has 3 N–H and O–H groups in total. The first-order chi connectivity index (χ1) is 20.4. The lowest BCUT2D eigenvalue weighted by Crippen LogP contribution is -2.63. The van der Waals surface area contributed by atoms with E-state index in [4.69, 9.17) is 19.5 Å². The lowest BCUT2D eigenvalue weighted by molar-refractivity contribution is -0.435. The Morgan fingerprint density at radius 3 is 2.45 bits per heavy atom. The Balaban J connectivity index is 1.55. The summed E-state index contributed by atoms with van der Waals surface area (Å²) in [5.41, 5.74) is 0.350. The van der Waals surface area contributed by atoms with Crippen LogP contribution in [-0.2, 0) is 39.5 Å². The van der Waals surface area contributed by atoms with Gasteiger partial charge in [0, 0.05) is 19.4 Å². The van der Waals surface area contributed by atoms with Gasteiger partial charge in [-0.3, -0.25) is 4.79 Å². The van der Waals surface area contributed by atoms with Gasteiger partial charge in [-0.25, -0.2) is 9.47 Å². The first-order valence-corrected chi connectivity index (χ1v) is 17.1. The third-order valence-corrected chi connectivity index (χ3v) is 14.1. The molecule has 0 aromatic rings. The van der Waals surface area contributed by atoms with Crippen LogP contribution in [0.1, 0.15) is 93.9 Å². The molecule has 44 heavy (non-hydrogen) atoms. The van der Waals surface area contributed by atoms with Crippen molar-refractivity contribution in [3.8, 4) is 0 Å². The van der Waals surface area contributed by atoms with Crippen molar-refractivity contribution in [3.63, 3.8) is 0 Å². The standard InChI is InChI=1S/C33H52O10S/c1-18(14-15-33(17-40-33)30(5,6)36)21-11-12-22-20-10-13-24-29(3,4)28(44(38)43-42-37)23(35)16-31(24,7)25(20)26(39-9)27(32(21,22)8)41-19(2)34/h12,18,21,23-24,26-28,35-37H,10-11,13-17H2,1-9H3/t18-,21-,23-,24+,26-,27+,28+,31+,32-,33?,44?/m1/s1. The van der Waals surface area contributed by atoms with Gasteiger partial charge in [0.05, 0.1) is 23.6 Å². The molecule has 0 radical (unpaired) electrons. The van der Waals surface area contributed by atoms with Crippen LogP contribution in [0.25, 0.3) is 0 Å². The lowest BCUT2D eigenvalue weighted by Gasteiger charge is -2.62. The van der Waals surface area contributed by atoms with Crippen molar-refractivity contribution in [2.24, 2.45) is 34.0 Å². The van der Waals surface area contributed by atoms with Crippen molar-refractivity contribution < 1.29 is 48.1 Å². The number of methoxy groups -OCH3 is 1. The largest absolute Gasteiger partial charge is 0.458 e. The van der Waals surface area contributed by atoms with Gasteiger partial charge in [-0.05, 0) is 97.7 Å². The maximum Gasteiger partial charge on any atom is 0.303 e. The summed E-state index contributed by atoms with van der Waals surface area (Å²) in [6.45, 7) is 16.2. The van der Waals surface area contributed by atoms with Gasteiger partial charge in [0.2, 0.25) is 0 Å². The fourth-order valence-electron chi connectivity index (χ4n) is 10.3. The highest BCUT2D eigenvalue weighted by Crippen LogP contribution is 2.68. The lowest BCUT2D eigenvalue weighted by atomic mass is 9.45. The minimum atomic E-state index is -2.08. The SMILES string of the molecule is CO[C@@H]1C2=C(CC[C@H]3C(C)(C)[C@@H](S(=O)OOO)[C@H](O)C[C@]23C)C2=CC[C@H]([C@H](C)CCC3(C(C)(C)O)CO3)[C@@]2(C)[C@H]1OC(C)=O. The zero-order chi connectivity index (χ0) is 32.6. The van der Waals surface area contributed by atoms with Crippen LogP contribution in [0, 0.1) is 34.0 Å². The maximum atomic E-state index is 13.0. The minimum absolute atomic E-state index is 0.0123. The molecule has 5 aliphatic rings. The maximum absolute atomic E-state index is 13.0. The van der Waals surface area contributed by atoms with Crippen LogP contribution in [0.4, 0.5) is 0 Å². The monoisotopic (exact) mass is 640 g/mol. The van der Waals surface area contributed by atoms with E-state index in [0.29, 0.717) is 13.0 Å². The number of hydrogen-bond acceptors (Lipinski definition) is 10. The molecule has 4 aliphatic carbocycles. The fraction of sp³-hybridized carbons (Fsp3) is 0.848. The summed E-state index contributed by atoms with van der Waals surface area (Å²) in [5, 5.41) is 34.0. The van der Waals surface area contributed by atoms with Crippen molar-refractivity contribution in [3.05, 3.63) is 22.8 Å². The molecule has 11 atom stereocenters. The molecular weight excluding hydrogens is 588 g/mol. The molecule has 1 heterocycles. The smallest absolute Gasteiger partial charge is 0.303 e. The van der Waals surface area contributed by atoms with E-state index in [1.54, 1.807) is 7.11 Å². The average Bonchev–Trinajstić information content (AvgIpc) is 3.62. The van der Waals surface area contributed by atoms with Crippen LogP contribution in [-0.4, -0.2) is 74.1 Å². The van der Waals surface area contributed by atoms with Gasteiger partial charge in [0.25, 0.3) is 0 Å². The van der Waals surface area contributed by atoms with Gasteiger partial charge in [-0.15, -0.1) is 4.33 Å². The summed E-state index contributed by atoms with van der Waals surface area (Å²) in [6, 6.07) is 0. The van der Waals surface area contributed by atoms with Crippen LogP contribution in [0.15, 0.2) is 22.8 Å². The van der Waals surface area contributed by atoms with Crippen LogP contribution >= 0.6 is 0 Å². The van der Waals surface area contributed by atoms with E-state index in [2.05, 4.69) is 36.2 Å². The van der Waals surface area contributed by atoms with Gasteiger partial charge >= 0.3 is 5.97 Å². The third kappa shape index (κ3) is 5.09. The topological polar surface area (TPSA) is 144 Å². The van der Waals surface area contributed by atoms with E-state index in [0.717, 1.165) is 37.7 Å². The van der Waals surface area contributed by atoms with Crippen molar-refractivity contribution >= 4 is 17.0 Å². The number of carbonyl (C=O) groups is 1. The summed E-state index contributed by atoms with van der Waals surface area (Å²) < 4.78 is 36.0. The molecule has 2 fully saturated rings. The molecule has 5 rings (SSSR count). The fourth-order valence-corrected chi connectivity index (χ4v) is 11.5. The number of allylic oxidation sites excluding steroid dienone is 2. The molecule has 0 aromatic carbocycles. The second-order valence-electron chi connectivity index (χ2n) is 15.6. The predicted molar refractivity (Wildman–Crippen MR) is 163 cm³/mol. The van der Waals surface area contributed by atoms with Crippen molar-refractivity contribution in [2.45, 2.75) is 129 Å². The number of aliphatic hydroxyl groups excluding tert-OH is 1. The van der Waals surface area contributed by atoms with Crippen LogP contribution in [0.2, 0.25) is 0 Å². The number of aliphatic hydroxyl groups is 2. The Bertz CT molecular complexity index is 1230. The summed E-state index contributed by atoms with van der Waals surface area (Å²) in [5.74, 6) is 0.0429. The Kier molecular flexibility index (Phi) is 8.93. The van der Waals surface area contributed by atoms with Crippen molar-refractivity contribution in [2.75, 3.05) is 13.7 Å². The Morgan fingerprint density at radius 2 is 1.91 bits per heavy atom. The molecule has 0 amide bonds. The zero-order valence-electron chi connectivity index (χ0n) is 27.7. The van der Waals surface area contributed by atoms with Gasteiger partial charge in [-0.2, -0.15) is 0 Å². The van der Waals surface area contributed by atoms with E-state index in [1.807, 2.05) is 27.7 Å². The highest BCUT2D eigenvalue weighted by molar-refractivity contribution is 7.80. The molecule has 11 heteroatoms. The third-order valence-electron chi connectivity index (χ3n) is 12.6. The van der Waals surface area contributed by atoms with Crippen LogP contribution in [0.5, 0.6) is 0 Å². The van der Waals surface area contributed by atoms with Gasteiger partial charge in [0.1, 0.15) is 17.8 Å². The van der Waals surface area contributed by atoms with Crippen molar-refractivity contribution in [1.82, 2.24) is 0 Å². The molecule has 0 aromatic heterocycles. The van der Waals surface area contributed by atoms with Crippen LogP contribution < -0.4 is 0 Å². The van der Waals surface area contributed by atoms with Gasteiger partial charge in [-0.1, -0.05) is 45.7 Å². The highest BCUT2D eigenvalue weighted by Gasteiger charge is 2.66. The molecule has 2 unspecified atom stereocenters. The number of rotatable bonds is 10. The summed E-state index contributed by atoms with van der Waals surface area (Å²) >= 11 is -2.08. The summed E-state index contributed by atoms with van der Waals surface area (Å²) in [4.78, 5) is 12.7. The highest BCUT2D eigenvalue weighted by atomic mass is 32.2. The van der Waals surface area contributed by atoms with Gasteiger partial charge < -0.3 is 24.4 Å². The number of ether oxygens (including phenoxy) is 3. The summed E-state index contributed by atoms with van der Waals surface area (Å²) in [7, 11) is 1.66. The summed E-state index contributed by atoms with van der Waals surface area (Å²) in [6.07, 6.45) is 4.53. The molecule has 0 spiro atoms. The number of epoxide rings is 1. The molecule has 1 aliphatic heterocycles. The van der Waals surface area contributed by atoms with Crippen LogP contribution in [0.3, 0.4) is 0 Å². The number of hydrogen-bond donors (Lipinski definition) is 3. The normalized spacial score (nSPS) is 42.5. The molecule has 250 valence electrons. The Labute approximate surface area is 264 Å². The van der Waals surface area contributed by atoms with E-state index in [9.17, 15) is 19.2 Å². The first kappa shape index (κ1) is 34.2. The minimum Gasteiger partial charge on any atom is -0.458 e. The Hall–Kier alpha value is -1.18. The zero-order valence-corrected chi connectivity index (χ0v) is 28.5. The van der Waals surface area contributed by atoms with E-state index in [1.165, 1.54) is 18.1 Å². The van der Waals surface area contributed by atoms with E-state index < -0.39 is 62.1 Å². The molecule has 1 saturated carbocycles. The second-order valence-corrected chi connectivity index (χ2v) is 16.8. The van der Waals surface area contributed by atoms with E-state index >= 15 is 0 Å². The molecule has 0 bridgehead atoms. The van der Waals surface area contributed by atoms with Crippen molar-refractivity contribution in [1.29, 1.82) is 0 Å². The molecule has 1 saturated heterocycles. The molecular formula is C33H52O10S. The second kappa shape index (κ2) is 11.5. The number of fused-ring (bicyclic) bond motifs is 4. The first-order valence-electron chi connectivity index (χ1n) is 16.0. The Morgan fingerprint density at radius 1 is 1.25 bits per heavy atom.